The molecule has 2 fully saturated rings. The Morgan fingerprint density at radius 1 is 0.685 bits per heavy atom. The molecule has 0 bridgehead atoms. The molecule has 0 aliphatic carbocycles. The van der Waals surface area contributed by atoms with Crippen LogP contribution in [0.15, 0.2) is 109 Å². The van der Waals surface area contributed by atoms with Crippen LogP contribution < -0.4 is 5.32 Å². The van der Waals surface area contributed by atoms with Crippen LogP contribution in [0.4, 0.5) is 0 Å². The topological polar surface area (TPSA) is 88.5 Å². The van der Waals surface area contributed by atoms with E-state index < -0.39 is 5.97 Å². The number of carboxylic acids is 1. The van der Waals surface area contributed by atoms with Crippen LogP contribution >= 0.6 is 63.9 Å². The predicted molar refractivity (Wildman–Crippen MR) is 232 cm³/mol. The largest absolute Gasteiger partial charge is 0.480 e. The third kappa shape index (κ3) is 16.9. The second-order valence-corrected chi connectivity index (χ2v) is 13.9. The average Bonchev–Trinajstić information content (AvgIpc) is 3.17. The molecule has 0 radical (unpaired) electrons. The fourth-order valence-electron chi connectivity index (χ4n) is 6.33. The van der Waals surface area contributed by atoms with Crippen molar-refractivity contribution in [2.75, 3.05) is 84.1 Å². The number of hydrogen-bond donors (Lipinski definition) is 3. The van der Waals surface area contributed by atoms with Gasteiger partial charge in [-0.05, 0) is 46.5 Å². The first kappa shape index (κ1) is 49.8. The molecule has 13 heteroatoms. The Labute approximate surface area is 352 Å². The Bertz CT molecular complexity index is 1530. The van der Waals surface area contributed by atoms with Gasteiger partial charge in [0.25, 0.3) is 0 Å². The van der Waals surface area contributed by atoms with Crippen molar-refractivity contribution >= 4 is 69.9 Å². The zero-order chi connectivity index (χ0) is 36.3. The molecule has 2 heterocycles. The number of carbonyl (C=O) groups is 1. The summed E-state index contributed by atoms with van der Waals surface area (Å²) in [6.07, 6.45) is 0. The van der Waals surface area contributed by atoms with Crippen LogP contribution in [-0.4, -0.2) is 115 Å². The molecule has 2 unspecified atom stereocenters. The molecule has 0 spiro atoms. The molecule has 4 aromatic rings. The maximum absolute atomic E-state index is 10.5. The summed E-state index contributed by atoms with van der Waals surface area (Å²) in [7, 11) is 0. The molecule has 2 aliphatic rings. The SMILES string of the molecule is C.Cl.Cl.Clc1ccc(C(c2ccccc2)N2CCNCC2)cc1.O=C(O)COCCN1CCN(C(c2ccccc2)c2ccc(Cl)cc2)CC1.OCCBr. The molecule has 2 aliphatic heterocycles. The van der Waals surface area contributed by atoms with Gasteiger partial charge in [-0.15, -0.1) is 24.8 Å². The number of benzene rings is 4. The molecule has 6 rings (SSSR count). The number of hydrogen-bond acceptors (Lipinski definition) is 7. The standard InChI is InChI=1S/C21H25ClN2O3.C17H19ClN2.C2H5BrO.CH4.2ClH/c22-19-8-6-18(7-9-19)21(17-4-2-1-3-5-17)24-12-10-23(11-13-24)14-15-27-16-20(25)26;18-16-8-6-15(7-9-16)17(14-4-2-1-3-5-14)20-12-10-19-11-13-20;3-1-2-4;;;/h1-9,21H,10-16H2,(H,25,26);1-9,17,19H,10-13H2;4H,1-2H2;1H4;2*1H. The number of aliphatic hydroxyl groups is 1. The Hall–Kier alpha value is -2.25. The molecule has 2 saturated heterocycles. The molecule has 298 valence electrons. The van der Waals surface area contributed by atoms with E-state index in [9.17, 15) is 4.79 Å². The van der Waals surface area contributed by atoms with Gasteiger partial charge in [0.1, 0.15) is 6.61 Å². The van der Waals surface area contributed by atoms with Crippen molar-refractivity contribution in [3.63, 3.8) is 0 Å². The van der Waals surface area contributed by atoms with Gasteiger partial charge in [0.05, 0.1) is 25.3 Å². The number of halogens is 5. The van der Waals surface area contributed by atoms with Crippen molar-refractivity contribution in [1.82, 2.24) is 20.0 Å². The summed E-state index contributed by atoms with van der Waals surface area (Å²) < 4.78 is 5.15. The number of rotatable bonds is 12. The molecule has 4 aromatic carbocycles. The van der Waals surface area contributed by atoms with Gasteiger partial charge in [0.2, 0.25) is 0 Å². The predicted octanol–water partition coefficient (Wildman–Crippen LogP) is 8.34. The van der Waals surface area contributed by atoms with Crippen LogP contribution in [0.2, 0.25) is 10.0 Å². The second-order valence-electron chi connectivity index (χ2n) is 12.3. The van der Waals surface area contributed by atoms with E-state index >= 15 is 0 Å². The second kappa shape index (κ2) is 28.2. The summed E-state index contributed by atoms with van der Waals surface area (Å²) >= 11 is 15.1. The first-order valence-electron chi connectivity index (χ1n) is 17.4. The first-order valence-corrected chi connectivity index (χ1v) is 19.3. The molecule has 0 amide bonds. The summed E-state index contributed by atoms with van der Waals surface area (Å²) in [5.41, 5.74) is 5.17. The zero-order valence-corrected chi connectivity index (χ0v) is 34.5. The normalized spacial score (nSPS) is 15.6. The van der Waals surface area contributed by atoms with E-state index in [4.69, 9.17) is 38.2 Å². The van der Waals surface area contributed by atoms with E-state index in [2.05, 4.69) is 115 Å². The maximum atomic E-state index is 10.5. The molecular weight excluding hydrogens is 834 g/mol. The van der Waals surface area contributed by atoms with Crippen LogP contribution in [0.5, 0.6) is 0 Å². The van der Waals surface area contributed by atoms with Crippen molar-refractivity contribution in [3.05, 3.63) is 141 Å². The van der Waals surface area contributed by atoms with E-state index in [1.165, 1.54) is 22.3 Å². The summed E-state index contributed by atoms with van der Waals surface area (Å²) in [6, 6.07) is 38.1. The Balaban J connectivity index is 0.000000481. The van der Waals surface area contributed by atoms with Crippen molar-refractivity contribution in [2.45, 2.75) is 19.5 Å². The minimum Gasteiger partial charge on any atom is -0.480 e. The van der Waals surface area contributed by atoms with Crippen molar-refractivity contribution in [1.29, 1.82) is 0 Å². The minimum absolute atomic E-state index is 0. The van der Waals surface area contributed by atoms with Gasteiger partial charge in [-0.2, -0.15) is 0 Å². The molecule has 0 aromatic heterocycles. The number of nitrogens with zero attached hydrogens (tertiary/aromatic N) is 3. The van der Waals surface area contributed by atoms with Crippen molar-refractivity contribution < 1.29 is 19.7 Å². The third-order valence-electron chi connectivity index (χ3n) is 8.75. The van der Waals surface area contributed by atoms with Crippen LogP contribution in [0.25, 0.3) is 0 Å². The Morgan fingerprint density at radius 2 is 1.07 bits per heavy atom. The van der Waals surface area contributed by atoms with Gasteiger partial charge in [0, 0.05) is 74.3 Å². The minimum atomic E-state index is -0.923. The number of piperazine rings is 2. The van der Waals surface area contributed by atoms with Gasteiger partial charge in [-0.1, -0.05) is 131 Å². The van der Waals surface area contributed by atoms with Crippen molar-refractivity contribution in [2.24, 2.45) is 0 Å². The third-order valence-corrected chi connectivity index (χ3v) is 9.61. The zero-order valence-electron chi connectivity index (χ0n) is 29.7. The van der Waals surface area contributed by atoms with Crippen LogP contribution in [-0.2, 0) is 9.53 Å². The Morgan fingerprint density at radius 3 is 1.46 bits per heavy atom. The molecule has 3 N–H and O–H groups in total. The highest BCUT2D eigenvalue weighted by atomic mass is 79.9. The molecule has 8 nitrogen and oxygen atoms in total. The number of aliphatic hydroxyl groups excluding tert-OH is 1. The fourth-order valence-corrected chi connectivity index (χ4v) is 6.58. The highest BCUT2D eigenvalue weighted by Crippen LogP contribution is 2.31. The lowest BCUT2D eigenvalue weighted by atomic mass is 9.96. The number of carboxylic acid groups (broad SMARTS) is 1. The summed E-state index contributed by atoms with van der Waals surface area (Å²) in [4.78, 5) is 17.9. The maximum Gasteiger partial charge on any atom is 0.329 e. The van der Waals surface area contributed by atoms with Gasteiger partial charge >= 0.3 is 5.97 Å². The first-order chi connectivity index (χ1) is 24.9. The van der Waals surface area contributed by atoms with Gasteiger partial charge in [-0.25, -0.2) is 4.79 Å². The molecular formula is C41H55BrCl4N4O4. The van der Waals surface area contributed by atoms with Gasteiger partial charge in [0.15, 0.2) is 0 Å². The quantitative estimate of drug-likeness (QED) is 0.0968. The fraction of sp³-hybridized carbons (Fsp3) is 0.390. The lowest BCUT2D eigenvalue weighted by molar-refractivity contribution is -0.142. The van der Waals surface area contributed by atoms with E-state index in [1.807, 2.05) is 30.3 Å². The number of alkyl halides is 1. The summed E-state index contributed by atoms with van der Waals surface area (Å²) in [6.45, 7) is 9.23. The van der Waals surface area contributed by atoms with E-state index in [1.54, 1.807) is 0 Å². The van der Waals surface area contributed by atoms with Gasteiger partial charge in [-0.3, -0.25) is 14.7 Å². The van der Waals surface area contributed by atoms with Gasteiger partial charge < -0.3 is 20.3 Å². The number of aliphatic carboxylic acids is 1. The average molecular weight is 890 g/mol. The van der Waals surface area contributed by atoms with Crippen LogP contribution in [0.3, 0.4) is 0 Å². The lowest BCUT2D eigenvalue weighted by Gasteiger charge is -2.39. The van der Waals surface area contributed by atoms with E-state index in [0.29, 0.717) is 18.0 Å². The number of ether oxygens (including phenoxy) is 1. The van der Waals surface area contributed by atoms with Crippen molar-refractivity contribution in [3.8, 4) is 0 Å². The van der Waals surface area contributed by atoms with Crippen LogP contribution in [0.1, 0.15) is 41.8 Å². The summed E-state index contributed by atoms with van der Waals surface area (Å²) in [5.74, 6) is -0.923. The lowest BCUT2D eigenvalue weighted by Crippen LogP contribution is -2.48. The van der Waals surface area contributed by atoms with E-state index in [0.717, 1.165) is 68.9 Å². The highest BCUT2D eigenvalue weighted by molar-refractivity contribution is 9.09. The molecule has 54 heavy (non-hydrogen) atoms. The van der Waals surface area contributed by atoms with Crippen LogP contribution in [0, 0.1) is 0 Å². The highest BCUT2D eigenvalue weighted by Gasteiger charge is 2.26. The smallest absolute Gasteiger partial charge is 0.329 e. The molecule has 2 atom stereocenters. The van der Waals surface area contributed by atoms with E-state index in [-0.39, 0.29) is 51.5 Å². The Kier molecular flexibility index (Phi) is 26.0. The number of nitrogens with one attached hydrogen (secondary N) is 1. The summed E-state index contributed by atoms with van der Waals surface area (Å²) in [5, 5.41) is 22.1. The molecule has 0 saturated carbocycles. The monoisotopic (exact) mass is 886 g/mol.